The van der Waals surface area contributed by atoms with Crippen molar-refractivity contribution in [3.05, 3.63) is 12.2 Å². The minimum Gasteiger partial charge on any atom is -0.344 e. The van der Waals surface area contributed by atoms with E-state index < -0.39 is 0 Å². The van der Waals surface area contributed by atoms with Crippen LogP contribution in [0.3, 0.4) is 0 Å². The van der Waals surface area contributed by atoms with Crippen LogP contribution in [0.2, 0.25) is 0 Å². The molecule has 16 heavy (non-hydrogen) atoms. The fraction of sp³-hybridized carbons (Fsp3) is 0.667. The number of hydrogen-bond donors (Lipinski definition) is 1. The molecule has 4 heteroatoms. The van der Waals surface area contributed by atoms with Gasteiger partial charge in [-0.25, -0.2) is 0 Å². The van der Waals surface area contributed by atoms with Crippen molar-refractivity contribution >= 4 is 11.8 Å². The molecule has 1 N–H and O–H groups in total. The van der Waals surface area contributed by atoms with E-state index in [0.29, 0.717) is 25.4 Å². The Balaban J connectivity index is 2.07. The quantitative estimate of drug-likeness (QED) is 0.714. The molecule has 1 unspecified atom stereocenters. The van der Waals surface area contributed by atoms with Gasteiger partial charge < -0.3 is 10.2 Å². The SMILES string of the molecule is C/C=C/CN1CCC(=O)NC(C2CC2)C1=O. The Hall–Kier alpha value is -1.32. The van der Waals surface area contributed by atoms with Gasteiger partial charge in [0.2, 0.25) is 11.8 Å². The van der Waals surface area contributed by atoms with Crippen molar-refractivity contribution in [2.24, 2.45) is 5.92 Å². The summed E-state index contributed by atoms with van der Waals surface area (Å²) in [6, 6.07) is -0.264. The molecule has 1 heterocycles. The van der Waals surface area contributed by atoms with Crippen LogP contribution in [0.1, 0.15) is 26.2 Å². The fourth-order valence-electron chi connectivity index (χ4n) is 2.01. The Bertz CT molecular complexity index is 321. The van der Waals surface area contributed by atoms with Gasteiger partial charge >= 0.3 is 0 Å². The van der Waals surface area contributed by atoms with E-state index in [1.165, 1.54) is 0 Å². The third-order valence-electron chi connectivity index (χ3n) is 3.16. The van der Waals surface area contributed by atoms with E-state index in [9.17, 15) is 9.59 Å². The number of hydrogen-bond acceptors (Lipinski definition) is 2. The molecule has 1 aliphatic heterocycles. The van der Waals surface area contributed by atoms with E-state index in [-0.39, 0.29) is 17.9 Å². The highest BCUT2D eigenvalue weighted by Gasteiger charge is 2.40. The summed E-state index contributed by atoms with van der Waals surface area (Å²) in [6.45, 7) is 3.09. The summed E-state index contributed by atoms with van der Waals surface area (Å²) < 4.78 is 0. The summed E-state index contributed by atoms with van der Waals surface area (Å²) >= 11 is 0. The number of rotatable bonds is 3. The predicted octanol–water partition coefficient (Wildman–Crippen LogP) is 0.690. The first-order valence-corrected chi connectivity index (χ1v) is 5.91. The van der Waals surface area contributed by atoms with E-state index in [2.05, 4.69) is 5.32 Å². The highest BCUT2D eigenvalue weighted by molar-refractivity contribution is 5.90. The Morgan fingerprint density at radius 1 is 1.44 bits per heavy atom. The van der Waals surface area contributed by atoms with Crippen LogP contribution >= 0.6 is 0 Å². The smallest absolute Gasteiger partial charge is 0.245 e. The van der Waals surface area contributed by atoms with Crippen LogP contribution in [0.15, 0.2) is 12.2 Å². The normalized spacial score (nSPS) is 27.1. The zero-order chi connectivity index (χ0) is 11.5. The molecule has 1 atom stereocenters. The molecule has 2 amide bonds. The summed E-state index contributed by atoms with van der Waals surface area (Å²) in [5.41, 5.74) is 0. The van der Waals surface area contributed by atoms with Crippen molar-refractivity contribution in [3.63, 3.8) is 0 Å². The lowest BCUT2D eigenvalue weighted by Crippen LogP contribution is -2.46. The molecular formula is C12H18N2O2. The van der Waals surface area contributed by atoms with Gasteiger partial charge in [0.05, 0.1) is 0 Å². The van der Waals surface area contributed by atoms with Crippen molar-refractivity contribution in [1.29, 1.82) is 0 Å². The van der Waals surface area contributed by atoms with Crippen LogP contribution in [0.5, 0.6) is 0 Å². The van der Waals surface area contributed by atoms with Gasteiger partial charge in [-0.15, -0.1) is 0 Å². The zero-order valence-corrected chi connectivity index (χ0v) is 9.61. The second kappa shape index (κ2) is 4.68. The van der Waals surface area contributed by atoms with Crippen molar-refractivity contribution in [1.82, 2.24) is 10.2 Å². The summed E-state index contributed by atoms with van der Waals surface area (Å²) in [7, 11) is 0. The van der Waals surface area contributed by atoms with Gasteiger partial charge in [0.15, 0.2) is 0 Å². The number of amides is 2. The highest BCUT2D eigenvalue weighted by atomic mass is 16.2. The first kappa shape index (κ1) is 11.2. The van der Waals surface area contributed by atoms with Gasteiger partial charge in [-0.2, -0.15) is 0 Å². The summed E-state index contributed by atoms with van der Waals surface area (Å²) in [4.78, 5) is 25.4. The van der Waals surface area contributed by atoms with Crippen LogP contribution in [0.25, 0.3) is 0 Å². The van der Waals surface area contributed by atoms with Crippen LogP contribution in [-0.4, -0.2) is 35.8 Å². The first-order chi connectivity index (χ1) is 7.72. The lowest BCUT2D eigenvalue weighted by molar-refractivity contribution is -0.133. The maximum absolute atomic E-state index is 12.2. The number of allylic oxidation sites excluding steroid dienone is 1. The van der Waals surface area contributed by atoms with Crippen molar-refractivity contribution in [3.8, 4) is 0 Å². The van der Waals surface area contributed by atoms with Gasteiger partial charge in [0, 0.05) is 19.5 Å². The highest BCUT2D eigenvalue weighted by Crippen LogP contribution is 2.34. The van der Waals surface area contributed by atoms with Crippen LogP contribution < -0.4 is 5.32 Å². The maximum atomic E-state index is 12.2. The zero-order valence-electron chi connectivity index (χ0n) is 9.61. The second-order valence-electron chi connectivity index (χ2n) is 4.49. The molecule has 0 radical (unpaired) electrons. The minimum absolute atomic E-state index is 0.00762. The predicted molar refractivity (Wildman–Crippen MR) is 60.7 cm³/mol. The van der Waals surface area contributed by atoms with Gasteiger partial charge in [0.25, 0.3) is 0 Å². The fourth-order valence-corrected chi connectivity index (χ4v) is 2.01. The monoisotopic (exact) mass is 222 g/mol. The topological polar surface area (TPSA) is 49.4 Å². The molecule has 2 rings (SSSR count). The minimum atomic E-state index is -0.264. The lowest BCUT2D eigenvalue weighted by Gasteiger charge is -2.22. The van der Waals surface area contributed by atoms with Gasteiger partial charge in [-0.1, -0.05) is 12.2 Å². The van der Waals surface area contributed by atoms with Crippen molar-refractivity contribution < 1.29 is 9.59 Å². The van der Waals surface area contributed by atoms with Gasteiger partial charge in [0.1, 0.15) is 6.04 Å². The Morgan fingerprint density at radius 2 is 2.19 bits per heavy atom. The molecule has 88 valence electrons. The number of carbonyl (C=O) groups excluding carboxylic acids is 2. The van der Waals surface area contributed by atoms with Crippen molar-refractivity contribution in [2.45, 2.75) is 32.2 Å². The van der Waals surface area contributed by atoms with Gasteiger partial charge in [-0.3, -0.25) is 9.59 Å². The molecule has 2 aliphatic rings. The van der Waals surface area contributed by atoms with E-state index in [1.54, 1.807) is 4.90 Å². The molecule has 0 aromatic heterocycles. The molecular weight excluding hydrogens is 204 g/mol. The molecule has 0 spiro atoms. The standard InChI is InChI=1S/C12H18N2O2/c1-2-3-7-14-8-6-10(15)13-11(12(14)16)9-4-5-9/h2-3,9,11H,4-8H2,1H3,(H,13,15)/b3-2+. The maximum Gasteiger partial charge on any atom is 0.245 e. The Labute approximate surface area is 95.7 Å². The van der Waals surface area contributed by atoms with Crippen LogP contribution in [0.4, 0.5) is 0 Å². The summed E-state index contributed by atoms with van der Waals surface area (Å²) in [5.74, 6) is 0.474. The average Bonchev–Trinajstić information content (AvgIpc) is 3.08. The average molecular weight is 222 g/mol. The van der Waals surface area contributed by atoms with E-state index in [4.69, 9.17) is 0 Å². The molecule has 1 aliphatic carbocycles. The summed E-state index contributed by atoms with van der Waals surface area (Å²) in [5, 5.41) is 2.84. The van der Waals surface area contributed by atoms with E-state index in [1.807, 2.05) is 19.1 Å². The lowest BCUT2D eigenvalue weighted by atomic mass is 10.1. The molecule has 0 aromatic rings. The molecule has 4 nitrogen and oxygen atoms in total. The second-order valence-corrected chi connectivity index (χ2v) is 4.49. The van der Waals surface area contributed by atoms with Crippen LogP contribution in [0, 0.1) is 5.92 Å². The first-order valence-electron chi connectivity index (χ1n) is 5.91. The largest absolute Gasteiger partial charge is 0.344 e. The molecule has 1 saturated heterocycles. The van der Waals surface area contributed by atoms with E-state index in [0.717, 1.165) is 12.8 Å². The number of nitrogens with zero attached hydrogens (tertiary/aromatic N) is 1. The molecule has 2 fully saturated rings. The third kappa shape index (κ3) is 2.43. The Kier molecular flexibility index (Phi) is 3.27. The molecule has 0 aromatic carbocycles. The molecule has 1 saturated carbocycles. The number of carbonyl (C=O) groups is 2. The Morgan fingerprint density at radius 3 is 2.81 bits per heavy atom. The third-order valence-corrected chi connectivity index (χ3v) is 3.16. The van der Waals surface area contributed by atoms with Gasteiger partial charge in [-0.05, 0) is 25.7 Å². The number of nitrogens with one attached hydrogen (secondary N) is 1. The summed E-state index contributed by atoms with van der Waals surface area (Å²) in [6.07, 6.45) is 6.44. The van der Waals surface area contributed by atoms with Crippen LogP contribution in [-0.2, 0) is 9.59 Å². The van der Waals surface area contributed by atoms with Crippen molar-refractivity contribution in [2.75, 3.05) is 13.1 Å². The molecule has 0 bridgehead atoms. The van der Waals surface area contributed by atoms with E-state index >= 15 is 0 Å².